The van der Waals surface area contributed by atoms with E-state index < -0.39 is 5.60 Å². The predicted molar refractivity (Wildman–Crippen MR) is 130 cm³/mol. The molecular formula is C21H42IN5O2. The molecule has 0 aliphatic carbocycles. The van der Waals surface area contributed by atoms with Gasteiger partial charge in [-0.2, -0.15) is 0 Å². The Bertz CT molecular complexity index is 524. The molecule has 7 nitrogen and oxygen atoms in total. The number of carbonyl (C=O) groups excluding carboxylic acids is 1. The van der Waals surface area contributed by atoms with E-state index in [0.717, 1.165) is 58.1 Å². The number of hydrogen-bond donors (Lipinski definition) is 2. The molecule has 2 heterocycles. The summed E-state index contributed by atoms with van der Waals surface area (Å²) in [7, 11) is 0. The molecule has 2 aliphatic rings. The SMILES string of the molecule is CCNC(=NCC1CCCN(C(=O)OC(C)(C)C)C1)NCC1CCCN1CC.I. The summed E-state index contributed by atoms with van der Waals surface area (Å²) in [5.74, 6) is 1.27. The summed E-state index contributed by atoms with van der Waals surface area (Å²) in [4.78, 5) is 21.5. The van der Waals surface area contributed by atoms with E-state index in [2.05, 4.69) is 29.4 Å². The van der Waals surface area contributed by atoms with Crippen molar-refractivity contribution in [3.8, 4) is 0 Å². The van der Waals surface area contributed by atoms with Crippen LogP contribution in [0.25, 0.3) is 0 Å². The van der Waals surface area contributed by atoms with E-state index in [-0.39, 0.29) is 30.1 Å². The first-order chi connectivity index (χ1) is 13.3. The number of likely N-dealkylation sites (N-methyl/N-ethyl adjacent to an activating group) is 1. The van der Waals surface area contributed by atoms with E-state index in [1.54, 1.807) is 0 Å². The van der Waals surface area contributed by atoms with Gasteiger partial charge in [-0.1, -0.05) is 6.92 Å². The average Bonchev–Trinajstić information content (AvgIpc) is 3.10. The lowest BCUT2D eigenvalue weighted by Crippen LogP contribution is -2.46. The summed E-state index contributed by atoms with van der Waals surface area (Å²) in [6, 6.07) is 0.603. The van der Waals surface area contributed by atoms with Gasteiger partial charge in [0.05, 0.1) is 0 Å². The minimum Gasteiger partial charge on any atom is -0.444 e. The molecule has 2 aliphatic heterocycles. The molecule has 0 aromatic carbocycles. The molecule has 2 N–H and O–H groups in total. The predicted octanol–water partition coefficient (Wildman–Crippen LogP) is 3.29. The van der Waals surface area contributed by atoms with Crippen LogP contribution in [0.4, 0.5) is 4.79 Å². The van der Waals surface area contributed by atoms with Crippen molar-refractivity contribution in [1.29, 1.82) is 0 Å². The van der Waals surface area contributed by atoms with Crippen molar-refractivity contribution in [1.82, 2.24) is 20.4 Å². The first-order valence-electron chi connectivity index (χ1n) is 11.1. The molecule has 0 aromatic heterocycles. The fourth-order valence-electron chi connectivity index (χ4n) is 4.03. The van der Waals surface area contributed by atoms with Crippen molar-refractivity contribution in [2.45, 2.75) is 71.9 Å². The molecule has 170 valence electrons. The van der Waals surface area contributed by atoms with Crippen LogP contribution in [0, 0.1) is 5.92 Å². The minimum absolute atomic E-state index is 0. The van der Waals surface area contributed by atoms with Gasteiger partial charge in [0, 0.05) is 38.8 Å². The standard InChI is InChI=1S/C21H41N5O2.HI/c1-6-22-19(24-15-18-11-9-12-25(18)7-2)23-14-17-10-8-13-26(16-17)20(27)28-21(3,4)5;/h17-18H,6-16H2,1-5H3,(H2,22,23,24);1H. The van der Waals surface area contributed by atoms with E-state index in [4.69, 9.17) is 9.73 Å². The summed E-state index contributed by atoms with van der Waals surface area (Å²) in [6.45, 7) is 16.4. The van der Waals surface area contributed by atoms with Gasteiger partial charge in [0.15, 0.2) is 5.96 Å². The number of piperidine rings is 1. The third-order valence-corrected chi connectivity index (χ3v) is 5.43. The molecule has 8 heteroatoms. The van der Waals surface area contributed by atoms with Crippen molar-refractivity contribution < 1.29 is 9.53 Å². The first kappa shape index (κ1) is 26.3. The van der Waals surface area contributed by atoms with Crippen LogP contribution in [-0.2, 0) is 4.74 Å². The number of amides is 1. The van der Waals surface area contributed by atoms with Crippen LogP contribution in [0.3, 0.4) is 0 Å². The Labute approximate surface area is 194 Å². The van der Waals surface area contributed by atoms with Gasteiger partial charge in [-0.15, -0.1) is 24.0 Å². The molecule has 2 unspecified atom stereocenters. The van der Waals surface area contributed by atoms with Gasteiger partial charge in [-0.3, -0.25) is 9.89 Å². The Morgan fingerprint density at radius 2 is 1.86 bits per heavy atom. The lowest BCUT2D eigenvalue weighted by atomic mass is 9.98. The molecule has 0 aromatic rings. The number of nitrogens with one attached hydrogen (secondary N) is 2. The lowest BCUT2D eigenvalue weighted by Gasteiger charge is -2.33. The highest BCUT2D eigenvalue weighted by Crippen LogP contribution is 2.20. The van der Waals surface area contributed by atoms with Crippen LogP contribution in [0.2, 0.25) is 0 Å². The molecule has 2 fully saturated rings. The average molecular weight is 524 g/mol. The van der Waals surface area contributed by atoms with Gasteiger partial charge in [0.2, 0.25) is 0 Å². The molecule has 2 saturated heterocycles. The van der Waals surface area contributed by atoms with Gasteiger partial charge in [0.1, 0.15) is 5.60 Å². The quantitative estimate of drug-likeness (QED) is 0.318. The first-order valence-corrected chi connectivity index (χ1v) is 11.1. The van der Waals surface area contributed by atoms with Gasteiger partial charge >= 0.3 is 6.09 Å². The van der Waals surface area contributed by atoms with Crippen molar-refractivity contribution in [2.24, 2.45) is 10.9 Å². The fraction of sp³-hybridized carbons (Fsp3) is 0.905. The number of likely N-dealkylation sites (tertiary alicyclic amines) is 2. The number of aliphatic imine (C=N–C) groups is 1. The fourth-order valence-corrected chi connectivity index (χ4v) is 4.03. The zero-order chi connectivity index (χ0) is 20.6. The number of carbonyl (C=O) groups is 1. The number of guanidine groups is 1. The number of ether oxygens (including phenoxy) is 1. The molecule has 0 bridgehead atoms. The molecule has 0 saturated carbocycles. The van der Waals surface area contributed by atoms with E-state index in [1.165, 1.54) is 19.4 Å². The summed E-state index contributed by atoms with van der Waals surface area (Å²) in [5, 5.41) is 6.88. The van der Waals surface area contributed by atoms with Gasteiger partial charge < -0.3 is 20.3 Å². The highest BCUT2D eigenvalue weighted by atomic mass is 127. The normalized spacial score (nSPS) is 23.5. The summed E-state index contributed by atoms with van der Waals surface area (Å²) in [5.41, 5.74) is -0.447. The van der Waals surface area contributed by atoms with Crippen LogP contribution < -0.4 is 10.6 Å². The summed E-state index contributed by atoms with van der Waals surface area (Å²) in [6.07, 6.45) is 4.46. The minimum atomic E-state index is -0.447. The van der Waals surface area contributed by atoms with E-state index in [1.807, 2.05) is 25.7 Å². The molecule has 2 atom stereocenters. The zero-order valence-electron chi connectivity index (χ0n) is 19.0. The highest BCUT2D eigenvalue weighted by molar-refractivity contribution is 14.0. The third kappa shape index (κ3) is 9.27. The largest absolute Gasteiger partial charge is 0.444 e. The maximum absolute atomic E-state index is 12.3. The maximum Gasteiger partial charge on any atom is 0.410 e. The van der Waals surface area contributed by atoms with E-state index in [9.17, 15) is 4.79 Å². The Morgan fingerprint density at radius 1 is 1.14 bits per heavy atom. The summed E-state index contributed by atoms with van der Waals surface area (Å²) >= 11 is 0. The highest BCUT2D eigenvalue weighted by Gasteiger charge is 2.27. The maximum atomic E-state index is 12.3. The second-order valence-corrected chi connectivity index (χ2v) is 8.96. The monoisotopic (exact) mass is 523 g/mol. The molecule has 2 rings (SSSR count). The van der Waals surface area contributed by atoms with E-state index >= 15 is 0 Å². The molecule has 29 heavy (non-hydrogen) atoms. The van der Waals surface area contributed by atoms with Crippen molar-refractivity contribution in [3.63, 3.8) is 0 Å². The molecule has 1 amide bonds. The molecule has 0 radical (unpaired) electrons. The summed E-state index contributed by atoms with van der Waals surface area (Å²) < 4.78 is 5.53. The van der Waals surface area contributed by atoms with Crippen LogP contribution in [0.15, 0.2) is 4.99 Å². The van der Waals surface area contributed by atoms with Crippen LogP contribution in [0.1, 0.15) is 60.3 Å². The number of hydrogen-bond acceptors (Lipinski definition) is 4. The Hall–Kier alpha value is -0.770. The second kappa shape index (κ2) is 12.8. The van der Waals surface area contributed by atoms with Crippen molar-refractivity contribution in [3.05, 3.63) is 0 Å². The van der Waals surface area contributed by atoms with Gasteiger partial charge in [0.25, 0.3) is 0 Å². The van der Waals surface area contributed by atoms with Gasteiger partial charge in [-0.05, 0) is 72.4 Å². The van der Waals surface area contributed by atoms with Crippen LogP contribution in [0.5, 0.6) is 0 Å². The lowest BCUT2D eigenvalue weighted by molar-refractivity contribution is 0.0170. The van der Waals surface area contributed by atoms with Gasteiger partial charge in [-0.25, -0.2) is 4.79 Å². The Morgan fingerprint density at radius 3 is 2.52 bits per heavy atom. The van der Waals surface area contributed by atoms with Crippen LogP contribution >= 0.6 is 24.0 Å². The topological polar surface area (TPSA) is 69.2 Å². The number of rotatable bonds is 6. The third-order valence-electron chi connectivity index (χ3n) is 5.43. The Kier molecular flexibility index (Phi) is 11.6. The molecular weight excluding hydrogens is 481 g/mol. The number of nitrogens with zero attached hydrogens (tertiary/aromatic N) is 3. The zero-order valence-corrected chi connectivity index (χ0v) is 21.3. The smallest absolute Gasteiger partial charge is 0.410 e. The van der Waals surface area contributed by atoms with E-state index in [0.29, 0.717) is 12.0 Å². The molecule has 0 spiro atoms. The number of halogens is 1. The van der Waals surface area contributed by atoms with Crippen molar-refractivity contribution >= 4 is 36.0 Å². The van der Waals surface area contributed by atoms with Crippen LogP contribution in [-0.4, -0.2) is 79.3 Å². The Balaban J connectivity index is 0.00000420. The second-order valence-electron chi connectivity index (χ2n) is 8.96. The van der Waals surface area contributed by atoms with Crippen molar-refractivity contribution in [2.75, 3.05) is 45.8 Å².